The zero-order valence-electron chi connectivity index (χ0n) is 10.4. The Labute approximate surface area is 110 Å². The van der Waals surface area contributed by atoms with Crippen molar-refractivity contribution in [1.82, 2.24) is 24.7 Å². The van der Waals surface area contributed by atoms with Crippen LogP contribution in [0.1, 0.15) is 22.0 Å². The van der Waals surface area contributed by atoms with Gasteiger partial charge in [0.25, 0.3) is 5.91 Å². The third-order valence-corrected chi connectivity index (χ3v) is 2.28. The first-order chi connectivity index (χ1) is 9.27. The van der Waals surface area contributed by atoms with E-state index in [1.54, 1.807) is 0 Å². The molecule has 2 rings (SSSR count). The quantitative estimate of drug-likeness (QED) is 0.896. The highest BCUT2D eigenvalue weighted by molar-refractivity contribution is 6.00. The Morgan fingerprint density at radius 3 is 2.60 bits per heavy atom. The van der Waals surface area contributed by atoms with Crippen molar-refractivity contribution in [2.75, 3.05) is 5.32 Å². The summed E-state index contributed by atoms with van der Waals surface area (Å²) in [6.07, 6.45) is -3.46. The van der Waals surface area contributed by atoms with Crippen LogP contribution in [0.2, 0.25) is 0 Å². The summed E-state index contributed by atoms with van der Waals surface area (Å²) in [7, 11) is 1.51. The molecule has 2 aromatic heterocycles. The Balaban J connectivity index is 2.31. The molecule has 0 aliphatic heterocycles. The first-order valence-corrected chi connectivity index (χ1v) is 5.35. The maximum atomic E-state index is 12.6. The van der Waals surface area contributed by atoms with Crippen LogP contribution in [0.4, 0.5) is 19.1 Å². The number of rotatable bonds is 2. The fourth-order valence-corrected chi connectivity index (χ4v) is 1.38. The van der Waals surface area contributed by atoms with Crippen molar-refractivity contribution in [3.8, 4) is 0 Å². The Bertz CT molecular complexity index is 651. The van der Waals surface area contributed by atoms with Gasteiger partial charge in [-0.25, -0.2) is 14.6 Å². The maximum Gasteiger partial charge on any atom is 0.433 e. The van der Waals surface area contributed by atoms with Crippen LogP contribution in [-0.4, -0.2) is 30.6 Å². The van der Waals surface area contributed by atoms with E-state index in [1.165, 1.54) is 25.0 Å². The topological polar surface area (TPSA) is 85.6 Å². The van der Waals surface area contributed by atoms with E-state index in [0.29, 0.717) is 0 Å². The van der Waals surface area contributed by atoms with Gasteiger partial charge < -0.3 is 0 Å². The molecule has 0 aliphatic carbocycles. The molecule has 1 N–H and O–H groups in total. The van der Waals surface area contributed by atoms with Crippen LogP contribution >= 0.6 is 0 Å². The van der Waals surface area contributed by atoms with E-state index >= 15 is 0 Å². The molecule has 2 heterocycles. The van der Waals surface area contributed by atoms with Gasteiger partial charge in [-0.15, -0.1) is 0 Å². The second kappa shape index (κ2) is 4.87. The second-order valence-electron chi connectivity index (χ2n) is 3.88. The molecule has 0 radical (unpaired) electrons. The summed E-state index contributed by atoms with van der Waals surface area (Å²) in [6.45, 7) is 1.34. The number of hydrogen-bond acceptors (Lipinski definition) is 5. The molecule has 7 nitrogen and oxygen atoms in total. The van der Waals surface area contributed by atoms with Crippen molar-refractivity contribution in [2.45, 2.75) is 13.1 Å². The van der Waals surface area contributed by atoms with Crippen LogP contribution in [0.25, 0.3) is 0 Å². The number of aryl methyl sites for hydroxylation is 2. The largest absolute Gasteiger partial charge is 0.433 e. The minimum Gasteiger partial charge on any atom is -0.288 e. The van der Waals surface area contributed by atoms with Crippen molar-refractivity contribution in [2.24, 2.45) is 7.05 Å². The number of anilines is 1. The summed E-state index contributed by atoms with van der Waals surface area (Å²) in [6, 6.07) is 0.763. The fourth-order valence-electron chi connectivity index (χ4n) is 1.38. The molecule has 0 bridgehead atoms. The van der Waals surface area contributed by atoms with Gasteiger partial charge in [-0.2, -0.15) is 23.3 Å². The van der Waals surface area contributed by atoms with Gasteiger partial charge in [0.1, 0.15) is 12.0 Å². The highest BCUT2D eigenvalue weighted by Gasteiger charge is 2.34. The van der Waals surface area contributed by atoms with Gasteiger partial charge in [0.05, 0.1) is 0 Å². The van der Waals surface area contributed by atoms with Crippen molar-refractivity contribution >= 4 is 11.9 Å². The van der Waals surface area contributed by atoms with E-state index in [4.69, 9.17) is 0 Å². The fraction of sp³-hybridized carbons (Fsp3) is 0.300. The van der Waals surface area contributed by atoms with Crippen molar-refractivity contribution in [3.05, 3.63) is 29.6 Å². The molecule has 0 saturated carbocycles. The first kappa shape index (κ1) is 13.9. The Morgan fingerprint density at radius 1 is 1.35 bits per heavy atom. The van der Waals surface area contributed by atoms with Crippen LogP contribution in [0.3, 0.4) is 0 Å². The summed E-state index contributed by atoms with van der Waals surface area (Å²) >= 11 is 0. The third-order valence-electron chi connectivity index (χ3n) is 2.28. The Hall–Kier alpha value is -2.52. The van der Waals surface area contributed by atoms with Gasteiger partial charge in [0.2, 0.25) is 11.8 Å². The highest BCUT2D eigenvalue weighted by atomic mass is 19.4. The van der Waals surface area contributed by atoms with Gasteiger partial charge in [-0.05, 0) is 13.0 Å². The summed E-state index contributed by atoms with van der Waals surface area (Å²) in [4.78, 5) is 22.4. The molecule has 0 atom stereocenters. The lowest BCUT2D eigenvalue weighted by molar-refractivity contribution is -0.141. The SMILES string of the molecule is Cc1cc(C(F)(F)F)nc(C(=O)Nc2ncnn2C)n1. The maximum absolute atomic E-state index is 12.6. The van der Waals surface area contributed by atoms with E-state index in [2.05, 4.69) is 25.4 Å². The van der Waals surface area contributed by atoms with Gasteiger partial charge in [0, 0.05) is 12.7 Å². The van der Waals surface area contributed by atoms with E-state index in [1.807, 2.05) is 0 Å². The van der Waals surface area contributed by atoms with Crippen molar-refractivity contribution in [1.29, 1.82) is 0 Å². The molecule has 106 valence electrons. The summed E-state index contributed by atoms with van der Waals surface area (Å²) in [5.74, 6) is -1.40. The average molecular weight is 286 g/mol. The van der Waals surface area contributed by atoms with E-state index < -0.39 is 23.6 Å². The van der Waals surface area contributed by atoms with Crippen LogP contribution in [-0.2, 0) is 13.2 Å². The molecule has 0 unspecified atom stereocenters. The lowest BCUT2D eigenvalue weighted by atomic mass is 10.3. The predicted octanol–water partition coefficient (Wildman–Crippen LogP) is 1.18. The monoisotopic (exact) mass is 286 g/mol. The molecule has 2 aromatic rings. The van der Waals surface area contributed by atoms with E-state index in [0.717, 1.165) is 6.07 Å². The standard InChI is InChI=1S/C10H9F3N6O/c1-5-3-6(10(11,12)13)17-7(16-5)8(20)18-9-14-4-15-19(9)2/h3-4H,1-2H3,(H,14,15,18,20). The number of halogens is 3. The minimum absolute atomic E-state index is 0.0374. The summed E-state index contributed by atoms with van der Waals surface area (Å²) in [5, 5.41) is 5.98. The molecule has 10 heteroatoms. The second-order valence-corrected chi connectivity index (χ2v) is 3.88. The zero-order valence-corrected chi connectivity index (χ0v) is 10.4. The van der Waals surface area contributed by atoms with Crippen LogP contribution in [0.15, 0.2) is 12.4 Å². The molecule has 0 aliphatic rings. The lowest BCUT2D eigenvalue weighted by Crippen LogP contribution is -2.21. The number of nitrogens with one attached hydrogen (secondary N) is 1. The van der Waals surface area contributed by atoms with Crippen LogP contribution in [0, 0.1) is 6.92 Å². The van der Waals surface area contributed by atoms with Gasteiger partial charge >= 0.3 is 6.18 Å². The molecule has 0 aromatic carbocycles. The van der Waals surface area contributed by atoms with Gasteiger partial charge in [-0.3, -0.25) is 10.1 Å². The van der Waals surface area contributed by atoms with Crippen molar-refractivity contribution in [3.63, 3.8) is 0 Å². The number of carbonyl (C=O) groups is 1. The number of nitrogens with zero attached hydrogens (tertiary/aromatic N) is 5. The molecule has 0 fully saturated rings. The number of aromatic nitrogens is 5. The van der Waals surface area contributed by atoms with Crippen molar-refractivity contribution < 1.29 is 18.0 Å². The number of hydrogen-bond donors (Lipinski definition) is 1. The highest BCUT2D eigenvalue weighted by Crippen LogP contribution is 2.27. The van der Waals surface area contributed by atoms with Crippen LogP contribution in [0.5, 0.6) is 0 Å². The third kappa shape index (κ3) is 2.90. The first-order valence-electron chi connectivity index (χ1n) is 5.35. The molecule has 20 heavy (non-hydrogen) atoms. The minimum atomic E-state index is -4.65. The Kier molecular flexibility index (Phi) is 3.38. The molecule has 0 saturated heterocycles. The predicted molar refractivity (Wildman–Crippen MR) is 60.7 cm³/mol. The number of carbonyl (C=O) groups excluding carboxylic acids is 1. The average Bonchev–Trinajstić information content (AvgIpc) is 2.73. The summed E-state index contributed by atoms with van der Waals surface area (Å²) in [5.41, 5.74) is -1.14. The van der Waals surface area contributed by atoms with E-state index in [9.17, 15) is 18.0 Å². The zero-order chi connectivity index (χ0) is 14.9. The van der Waals surface area contributed by atoms with E-state index in [-0.39, 0.29) is 11.6 Å². The molecule has 1 amide bonds. The van der Waals surface area contributed by atoms with Crippen LogP contribution < -0.4 is 5.32 Å². The molecule has 0 spiro atoms. The number of amides is 1. The van der Waals surface area contributed by atoms with Gasteiger partial charge in [0.15, 0.2) is 0 Å². The van der Waals surface area contributed by atoms with Gasteiger partial charge in [-0.1, -0.05) is 0 Å². The number of alkyl halides is 3. The lowest BCUT2D eigenvalue weighted by Gasteiger charge is -2.08. The molecular weight excluding hydrogens is 277 g/mol. The summed E-state index contributed by atoms with van der Waals surface area (Å²) < 4.78 is 39.1. The smallest absolute Gasteiger partial charge is 0.288 e. The molecular formula is C10H9F3N6O. The normalized spacial score (nSPS) is 11.4. The Morgan fingerprint density at radius 2 is 2.05 bits per heavy atom.